The monoisotopic (exact) mass is 240 g/mol. The highest BCUT2D eigenvalue weighted by molar-refractivity contribution is 7.07. The number of carbonyl (C=O) groups is 1. The molecule has 0 saturated heterocycles. The van der Waals surface area contributed by atoms with Gasteiger partial charge in [0.1, 0.15) is 11.4 Å². The molecule has 84 valence electrons. The van der Waals surface area contributed by atoms with Crippen molar-refractivity contribution in [3.8, 4) is 0 Å². The molecule has 0 aliphatic heterocycles. The molecule has 4 N–H and O–H groups in total. The molecule has 2 aromatic heterocycles. The Bertz CT molecular complexity index is 632. The predicted molar refractivity (Wildman–Crippen MR) is 59.0 cm³/mol. The Labute approximate surface area is 92.5 Å². The van der Waals surface area contributed by atoms with Crippen LogP contribution in [-0.4, -0.2) is 21.1 Å². The summed E-state index contributed by atoms with van der Waals surface area (Å²) in [5.41, 5.74) is 0.395. The number of amides is 1. The number of H-pyrrole nitrogens is 3. The predicted octanol–water partition coefficient (Wildman–Crippen LogP) is 0.0135. The summed E-state index contributed by atoms with van der Waals surface area (Å²) in [6.07, 6.45) is 0. The van der Waals surface area contributed by atoms with Gasteiger partial charge in [0, 0.05) is 5.38 Å². The molecule has 2 rings (SSSR count). The molecule has 0 unspecified atom stereocenters. The molecule has 2 heterocycles. The number of carbonyl (C=O) groups excluding carboxylic acids is 1. The maximum Gasteiger partial charge on any atom is 0.305 e. The quantitative estimate of drug-likeness (QED) is 0.593. The van der Waals surface area contributed by atoms with Crippen molar-refractivity contribution in [2.24, 2.45) is 0 Å². The SMILES string of the molecule is Cc1[nH][nH]c(=O)c1NC(=O)c1csc(=O)[nH]1. The number of rotatable bonds is 2. The second-order valence-electron chi connectivity index (χ2n) is 3.10. The van der Waals surface area contributed by atoms with Crippen LogP contribution in [0.25, 0.3) is 0 Å². The fourth-order valence-corrected chi connectivity index (χ4v) is 1.73. The molecule has 0 fully saturated rings. The minimum atomic E-state index is -0.522. The minimum absolute atomic E-state index is 0.134. The zero-order valence-electron chi connectivity index (χ0n) is 8.21. The van der Waals surface area contributed by atoms with E-state index in [2.05, 4.69) is 20.5 Å². The van der Waals surface area contributed by atoms with E-state index in [0.717, 1.165) is 11.3 Å². The molecule has 0 bridgehead atoms. The van der Waals surface area contributed by atoms with E-state index < -0.39 is 11.5 Å². The van der Waals surface area contributed by atoms with Crippen LogP contribution in [0.2, 0.25) is 0 Å². The van der Waals surface area contributed by atoms with Gasteiger partial charge >= 0.3 is 4.87 Å². The highest BCUT2D eigenvalue weighted by Gasteiger charge is 2.13. The average molecular weight is 240 g/mol. The Morgan fingerprint density at radius 3 is 2.62 bits per heavy atom. The molecular weight excluding hydrogens is 232 g/mol. The molecule has 0 saturated carbocycles. The fraction of sp³-hybridized carbons (Fsp3) is 0.125. The number of hydrogen-bond donors (Lipinski definition) is 4. The second kappa shape index (κ2) is 3.81. The molecule has 2 aromatic rings. The van der Waals surface area contributed by atoms with E-state index in [1.807, 2.05) is 0 Å². The number of nitrogens with one attached hydrogen (secondary N) is 4. The van der Waals surface area contributed by atoms with Crippen molar-refractivity contribution >= 4 is 22.9 Å². The van der Waals surface area contributed by atoms with Crippen LogP contribution in [0, 0.1) is 6.92 Å². The van der Waals surface area contributed by atoms with E-state index in [0.29, 0.717) is 5.69 Å². The molecule has 1 amide bonds. The first-order valence-electron chi connectivity index (χ1n) is 4.34. The van der Waals surface area contributed by atoms with Crippen LogP contribution in [0.5, 0.6) is 0 Å². The summed E-state index contributed by atoms with van der Waals surface area (Å²) < 4.78 is 0. The number of aromatic amines is 3. The summed E-state index contributed by atoms with van der Waals surface area (Å²) in [5, 5.41) is 8.72. The van der Waals surface area contributed by atoms with Crippen LogP contribution in [0.15, 0.2) is 15.0 Å². The third-order valence-corrected chi connectivity index (χ3v) is 2.64. The molecule has 0 aromatic carbocycles. The van der Waals surface area contributed by atoms with Crippen LogP contribution >= 0.6 is 11.3 Å². The number of thiazole rings is 1. The third kappa shape index (κ3) is 1.82. The zero-order valence-corrected chi connectivity index (χ0v) is 9.03. The van der Waals surface area contributed by atoms with Crippen LogP contribution in [-0.2, 0) is 0 Å². The molecule has 7 nitrogen and oxygen atoms in total. The van der Waals surface area contributed by atoms with Crippen molar-refractivity contribution in [3.63, 3.8) is 0 Å². The normalized spacial score (nSPS) is 10.3. The number of anilines is 1. The van der Waals surface area contributed by atoms with Crippen molar-refractivity contribution < 1.29 is 4.79 Å². The first-order chi connectivity index (χ1) is 7.58. The van der Waals surface area contributed by atoms with Crippen molar-refractivity contribution in [3.05, 3.63) is 36.8 Å². The molecule has 0 radical (unpaired) electrons. The van der Waals surface area contributed by atoms with Crippen molar-refractivity contribution in [1.82, 2.24) is 15.2 Å². The molecule has 0 aliphatic carbocycles. The Balaban J connectivity index is 2.26. The first kappa shape index (κ1) is 10.4. The number of aromatic nitrogens is 3. The molecule has 0 aliphatic rings. The summed E-state index contributed by atoms with van der Waals surface area (Å²) in [4.78, 5) is 35.7. The molecule has 0 spiro atoms. The van der Waals surface area contributed by atoms with Gasteiger partial charge in [0.2, 0.25) is 0 Å². The van der Waals surface area contributed by atoms with E-state index in [1.54, 1.807) is 6.92 Å². The minimum Gasteiger partial charge on any atom is -0.315 e. The molecule has 8 heteroatoms. The van der Waals surface area contributed by atoms with E-state index >= 15 is 0 Å². The zero-order chi connectivity index (χ0) is 11.7. The second-order valence-corrected chi connectivity index (χ2v) is 3.94. The van der Waals surface area contributed by atoms with Gasteiger partial charge in [0.05, 0.1) is 5.69 Å². The van der Waals surface area contributed by atoms with Crippen LogP contribution in [0.4, 0.5) is 5.69 Å². The maximum absolute atomic E-state index is 11.6. The van der Waals surface area contributed by atoms with Crippen molar-refractivity contribution in [1.29, 1.82) is 0 Å². The fourth-order valence-electron chi connectivity index (χ4n) is 1.17. The topological polar surface area (TPSA) is 111 Å². The Kier molecular flexibility index (Phi) is 2.49. The van der Waals surface area contributed by atoms with Gasteiger partial charge in [-0.2, -0.15) is 0 Å². The van der Waals surface area contributed by atoms with Gasteiger partial charge in [-0.05, 0) is 6.92 Å². The van der Waals surface area contributed by atoms with E-state index in [1.165, 1.54) is 5.38 Å². The lowest BCUT2D eigenvalue weighted by atomic mass is 10.3. The Morgan fingerprint density at radius 1 is 1.38 bits per heavy atom. The molecular formula is C8H8N4O3S. The van der Waals surface area contributed by atoms with Crippen LogP contribution < -0.4 is 15.7 Å². The van der Waals surface area contributed by atoms with E-state index in [-0.39, 0.29) is 16.3 Å². The van der Waals surface area contributed by atoms with Gasteiger partial charge < -0.3 is 15.4 Å². The van der Waals surface area contributed by atoms with Crippen molar-refractivity contribution in [2.45, 2.75) is 6.92 Å². The van der Waals surface area contributed by atoms with Crippen LogP contribution in [0.3, 0.4) is 0 Å². The Hall–Kier alpha value is -2.09. The van der Waals surface area contributed by atoms with Gasteiger partial charge in [-0.3, -0.25) is 19.5 Å². The summed E-state index contributed by atoms with van der Waals surface area (Å²) in [6, 6.07) is 0. The summed E-state index contributed by atoms with van der Waals surface area (Å²) >= 11 is 0.888. The number of hydrogen-bond acceptors (Lipinski definition) is 4. The summed E-state index contributed by atoms with van der Waals surface area (Å²) in [7, 11) is 0. The van der Waals surface area contributed by atoms with Crippen LogP contribution in [0.1, 0.15) is 16.2 Å². The standard InChI is InChI=1S/C8H8N4O3S/c1-3-5(7(14)12-11-3)10-6(13)4-2-16-8(15)9-4/h2H,1H3,(H,9,15)(H,10,13)(H2,11,12,14). The average Bonchev–Trinajstić information content (AvgIpc) is 2.79. The smallest absolute Gasteiger partial charge is 0.305 e. The maximum atomic E-state index is 11.6. The van der Waals surface area contributed by atoms with Gasteiger partial charge in [-0.25, -0.2) is 0 Å². The molecule has 16 heavy (non-hydrogen) atoms. The third-order valence-electron chi connectivity index (χ3n) is 1.97. The Morgan fingerprint density at radius 2 is 2.12 bits per heavy atom. The molecule has 0 atom stereocenters. The first-order valence-corrected chi connectivity index (χ1v) is 5.22. The van der Waals surface area contributed by atoms with Gasteiger partial charge in [-0.1, -0.05) is 11.3 Å². The highest BCUT2D eigenvalue weighted by atomic mass is 32.1. The number of aryl methyl sites for hydroxylation is 1. The van der Waals surface area contributed by atoms with Gasteiger partial charge in [-0.15, -0.1) is 0 Å². The lowest BCUT2D eigenvalue weighted by Gasteiger charge is -1.99. The van der Waals surface area contributed by atoms with Crippen molar-refractivity contribution in [2.75, 3.05) is 5.32 Å². The highest BCUT2D eigenvalue weighted by Crippen LogP contribution is 2.06. The lowest BCUT2D eigenvalue weighted by molar-refractivity contribution is 0.102. The summed E-state index contributed by atoms with van der Waals surface area (Å²) in [6.45, 7) is 1.64. The van der Waals surface area contributed by atoms with Gasteiger partial charge in [0.15, 0.2) is 0 Å². The van der Waals surface area contributed by atoms with E-state index in [9.17, 15) is 14.4 Å². The largest absolute Gasteiger partial charge is 0.315 e. The summed E-state index contributed by atoms with van der Waals surface area (Å²) in [5.74, 6) is -0.522. The van der Waals surface area contributed by atoms with Gasteiger partial charge in [0.25, 0.3) is 11.5 Å². The van der Waals surface area contributed by atoms with E-state index in [4.69, 9.17) is 0 Å². The lowest BCUT2D eigenvalue weighted by Crippen LogP contribution is -2.18.